The van der Waals surface area contributed by atoms with Gasteiger partial charge in [0.2, 0.25) is 0 Å². The van der Waals surface area contributed by atoms with E-state index in [1.54, 1.807) is 0 Å². The number of ether oxygens (including phenoxy) is 1. The van der Waals surface area contributed by atoms with E-state index in [1.807, 2.05) is 0 Å². The first-order valence-electron chi connectivity index (χ1n) is 5.90. The second kappa shape index (κ2) is 2.19. The highest BCUT2D eigenvalue weighted by atomic mass is 16.6. The Morgan fingerprint density at radius 2 is 2.14 bits per heavy atom. The van der Waals surface area contributed by atoms with Gasteiger partial charge in [-0.15, -0.1) is 0 Å². The zero-order valence-corrected chi connectivity index (χ0v) is 9.34. The summed E-state index contributed by atoms with van der Waals surface area (Å²) in [6, 6.07) is 0. The second-order valence-corrected chi connectivity index (χ2v) is 5.81. The first kappa shape index (κ1) is 9.17. The third-order valence-electron chi connectivity index (χ3n) is 5.09. The van der Waals surface area contributed by atoms with Crippen molar-refractivity contribution in [1.29, 1.82) is 0 Å². The molecule has 2 saturated carbocycles. The average molecular weight is 196 g/mol. The van der Waals surface area contributed by atoms with Gasteiger partial charge in [0, 0.05) is 5.92 Å². The van der Waals surface area contributed by atoms with E-state index in [-0.39, 0.29) is 11.2 Å². The minimum atomic E-state index is -0.528. The van der Waals surface area contributed by atoms with E-state index in [1.165, 1.54) is 6.42 Å². The quantitative estimate of drug-likeness (QED) is 0.733. The van der Waals surface area contributed by atoms with Gasteiger partial charge in [-0.05, 0) is 39.0 Å². The normalized spacial score (nSPS) is 64.3. The molecule has 2 heterocycles. The number of hydrogen-bond acceptors (Lipinski definition) is 2. The molecule has 2 saturated heterocycles. The fourth-order valence-electron chi connectivity index (χ4n) is 4.38. The zero-order valence-electron chi connectivity index (χ0n) is 9.34. The molecule has 2 unspecified atom stereocenters. The van der Waals surface area contributed by atoms with Gasteiger partial charge in [0.25, 0.3) is 0 Å². The van der Waals surface area contributed by atoms with Gasteiger partial charge in [0.1, 0.15) is 0 Å². The van der Waals surface area contributed by atoms with Crippen LogP contribution >= 0.6 is 0 Å². The van der Waals surface area contributed by atoms with Crippen molar-refractivity contribution in [2.45, 2.75) is 63.3 Å². The van der Waals surface area contributed by atoms with E-state index >= 15 is 0 Å². The Kier molecular flexibility index (Phi) is 1.44. The molecule has 5 atom stereocenters. The fourth-order valence-corrected chi connectivity index (χ4v) is 4.38. The maximum absolute atomic E-state index is 10.8. The van der Waals surface area contributed by atoms with Crippen LogP contribution in [0.4, 0.5) is 0 Å². The Morgan fingerprint density at radius 1 is 1.43 bits per heavy atom. The SMILES string of the molecule is CCC[C@]1(O)C2[C@H]3CC[C@]1(C)OC23C. The summed E-state index contributed by atoms with van der Waals surface area (Å²) < 4.78 is 6.13. The van der Waals surface area contributed by atoms with E-state index in [9.17, 15) is 5.11 Å². The summed E-state index contributed by atoms with van der Waals surface area (Å²) >= 11 is 0. The van der Waals surface area contributed by atoms with Gasteiger partial charge in [0.15, 0.2) is 0 Å². The van der Waals surface area contributed by atoms with Gasteiger partial charge in [-0.1, -0.05) is 13.3 Å². The highest BCUT2D eigenvalue weighted by Gasteiger charge is 2.83. The Balaban J connectivity index is 2.00. The molecule has 4 aliphatic rings. The fraction of sp³-hybridized carbons (Fsp3) is 1.00. The lowest BCUT2D eigenvalue weighted by Crippen LogP contribution is -2.55. The average Bonchev–Trinajstić information content (AvgIpc) is 2.64. The summed E-state index contributed by atoms with van der Waals surface area (Å²) in [7, 11) is 0. The maximum atomic E-state index is 10.8. The van der Waals surface area contributed by atoms with Crippen LogP contribution in [-0.2, 0) is 4.74 Å². The van der Waals surface area contributed by atoms with E-state index in [0.717, 1.165) is 19.3 Å². The molecule has 80 valence electrons. The smallest absolute Gasteiger partial charge is 0.0992 e. The van der Waals surface area contributed by atoms with Crippen LogP contribution in [0.3, 0.4) is 0 Å². The van der Waals surface area contributed by atoms with Gasteiger partial charge < -0.3 is 9.84 Å². The first-order chi connectivity index (χ1) is 6.48. The lowest BCUT2D eigenvalue weighted by atomic mass is 9.70. The third kappa shape index (κ3) is 0.704. The van der Waals surface area contributed by atoms with Crippen molar-refractivity contribution in [2.24, 2.45) is 11.8 Å². The Labute approximate surface area is 85.6 Å². The molecular weight excluding hydrogens is 176 g/mol. The molecule has 4 fully saturated rings. The van der Waals surface area contributed by atoms with Crippen LogP contribution in [0.2, 0.25) is 0 Å². The molecule has 0 radical (unpaired) electrons. The predicted molar refractivity (Wildman–Crippen MR) is 54.0 cm³/mol. The van der Waals surface area contributed by atoms with Crippen LogP contribution in [0.15, 0.2) is 0 Å². The molecule has 14 heavy (non-hydrogen) atoms. The lowest BCUT2D eigenvalue weighted by Gasteiger charge is -2.46. The Bertz CT molecular complexity index is 290. The second-order valence-electron chi connectivity index (χ2n) is 5.81. The van der Waals surface area contributed by atoms with Crippen molar-refractivity contribution in [3.63, 3.8) is 0 Å². The van der Waals surface area contributed by atoms with E-state index < -0.39 is 5.60 Å². The summed E-state index contributed by atoms with van der Waals surface area (Å²) in [5.41, 5.74) is -0.756. The third-order valence-corrected chi connectivity index (χ3v) is 5.09. The monoisotopic (exact) mass is 196 g/mol. The molecule has 0 aromatic heterocycles. The molecule has 4 rings (SSSR count). The van der Waals surface area contributed by atoms with Gasteiger partial charge in [-0.3, -0.25) is 0 Å². The zero-order chi connectivity index (χ0) is 10.2. The number of hydrogen-bond donors (Lipinski definition) is 1. The first-order valence-corrected chi connectivity index (χ1v) is 5.90. The summed E-state index contributed by atoms with van der Waals surface area (Å²) in [4.78, 5) is 0. The van der Waals surface area contributed by atoms with E-state index in [4.69, 9.17) is 4.74 Å². The van der Waals surface area contributed by atoms with Crippen LogP contribution in [0.25, 0.3) is 0 Å². The van der Waals surface area contributed by atoms with Crippen LogP contribution in [-0.4, -0.2) is 21.9 Å². The molecule has 0 aromatic rings. The van der Waals surface area contributed by atoms with Gasteiger partial charge >= 0.3 is 0 Å². The van der Waals surface area contributed by atoms with Gasteiger partial charge in [0.05, 0.1) is 16.8 Å². The van der Waals surface area contributed by atoms with Crippen molar-refractivity contribution >= 4 is 0 Å². The summed E-state index contributed by atoms with van der Waals surface area (Å²) in [5, 5.41) is 10.8. The molecule has 2 nitrogen and oxygen atoms in total. The van der Waals surface area contributed by atoms with Crippen molar-refractivity contribution in [3.05, 3.63) is 0 Å². The molecule has 2 aliphatic heterocycles. The Hall–Kier alpha value is -0.0800. The van der Waals surface area contributed by atoms with Crippen molar-refractivity contribution in [2.75, 3.05) is 0 Å². The molecule has 0 spiro atoms. The molecule has 2 heteroatoms. The number of aliphatic hydroxyl groups is 1. The molecule has 4 bridgehead atoms. The van der Waals surface area contributed by atoms with Gasteiger partial charge in [-0.25, -0.2) is 0 Å². The molecule has 0 amide bonds. The molecule has 1 N–H and O–H groups in total. The maximum Gasteiger partial charge on any atom is 0.0992 e. The minimum Gasteiger partial charge on any atom is -0.386 e. The molecular formula is C12H20O2. The molecule has 0 aromatic carbocycles. The van der Waals surface area contributed by atoms with Gasteiger partial charge in [-0.2, -0.15) is 0 Å². The lowest BCUT2D eigenvalue weighted by molar-refractivity contribution is -0.194. The number of rotatable bonds is 2. The van der Waals surface area contributed by atoms with Crippen LogP contribution in [0.1, 0.15) is 46.5 Å². The molecule has 2 aliphatic carbocycles. The van der Waals surface area contributed by atoms with E-state index in [2.05, 4.69) is 20.8 Å². The predicted octanol–water partition coefficient (Wildman–Crippen LogP) is 2.10. The standard InChI is InChI=1S/C12H20O2/c1-4-6-12(13)9-8-5-7-10(12,2)14-11(8,9)3/h8-9,13H,4-7H2,1-3H3/t8-,9?,10+,11?,12+/m1/s1. The Morgan fingerprint density at radius 3 is 2.64 bits per heavy atom. The van der Waals surface area contributed by atoms with Crippen molar-refractivity contribution < 1.29 is 9.84 Å². The number of fused-ring (bicyclic) bond motifs is 1. The summed E-state index contributed by atoms with van der Waals surface area (Å²) in [6.07, 6.45) is 4.25. The summed E-state index contributed by atoms with van der Waals surface area (Å²) in [5.74, 6) is 1.06. The van der Waals surface area contributed by atoms with Crippen LogP contribution < -0.4 is 0 Å². The highest BCUT2D eigenvalue weighted by molar-refractivity contribution is 5.32. The topological polar surface area (TPSA) is 29.5 Å². The summed E-state index contributed by atoms with van der Waals surface area (Å²) in [6.45, 7) is 6.44. The van der Waals surface area contributed by atoms with E-state index in [0.29, 0.717) is 11.8 Å². The van der Waals surface area contributed by atoms with Crippen molar-refractivity contribution in [3.8, 4) is 0 Å². The van der Waals surface area contributed by atoms with Crippen molar-refractivity contribution in [1.82, 2.24) is 0 Å². The highest BCUT2D eigenvalue weighted by Crippen LogP contribution is 2.75. The largest absolute Gasteiger partial charge is 0.386 e. The van der Waals surface area contributed by atoms with Crippen LogP contribution in [0.5, 0.6) is 0 Å². The van der Waals surface area contributed by atoms with Crippen LogP contribution in [0, 0.1) is 11.8 Å². The minimum absolute atomic E-state index is 0.0247.